The van der Waals surface area contributed by atoms with Gasteiger partial charge in [-0.25, -0.2) is 14.2 Å². The van der Waals surface area contributed by atoms with E-state index >= 15 is 0 Å². The Morgan fingerprint density at radius 3 is 2.81 bits per heavy atom. The summed E-state index contributed by atoms with van der Waals surface area (Å²) in [5, 5.41) is 14.8. The molecule has 1 amide bonds. The molecule has 2 aliphatic heterocycles. The number of pyridine rings is 1. The number of halogens is 4. The van der Waals surface area contributed by atoms with Gasteiger partial charge in [-0.15, -0.1) is 0 Å². The average Bonchev–Trinajstić information content (AvgIpc) is 3.23. The molecule has 2 bridgehead atoms. The molecule has 1 aliphatic carbocycles. The van der Waals surface area contributed by atoms with Crippen LogP contribution in [0.1, 0.15) is 27.2 Å². The minimum atomic E-state index is -0.645. The Balaban J connectivity index is 1.73. The molecule has 3 atom stereocenters. The Kier molecular flexibility index (Phi) is 5.74. The molecule has 166 valence electrons. The van der Waals surface area contributed by atoms with Gasteiger partial charge in [0, 0.05) is 21.4 Å². The molecule has 1 saturated carbocycles. The first kappa shape index (κ1) is 22.7. The quantitative estimate of drug-likeness (QED) is 0.154. The molecule has 0 spiro atoms. The fourth-order valence-electron chi connectivity index (χ4n) is 4.11. The van der Waals surface area contributed by atoms with Gasteiger partial charge in [0.05, 0.1) is 21.5 Å². The van der Waals surface area contributed by atoms with Gasteiger partial charge in [0.2, 0.25) is 5.15 Å². The third-order valence-electron chi connectivity index (χ3n) is 5.47. The van der Waals surface area contributed by atoms with Gasteiger partial charge in [0.25, 0.3) is 0 Å². The number of benzene rings is 1. The van der Waals surface area contributed by atoms with Crippen molar-refractivity contribution >= 4 is 78.5 Å². The molecule has 5 rings (SSSR count). The van der Waals surface area contributed by atoms with Crippen molar-refractivity contribution in [3.8, 4) is 0 Å². The molecule has 2 aromatic rings. The van der Waals surface area contributed by atoms with E-state index in [4.69, 9.17) is 16.3 Å². The number of nitrogens with one attached hydrogen (secondary N) is 1. The minimum Gasteiger partial charge on any atom is -0.444 e. The molecule has 12 heteroatoms. The number of hydrogen-bond donors (Lipinski definition) is 1. The SMILES string of the molecule is CC(C)(C)OC(=O)N1CC2CC1C2Nc1c([N+](=O)[O-])c(Cl)nc2c(F)c(Br)c(I)cc12. The van der Waals surface area contributed by atoms with Crippen molar-refractivity contribution in [1.29, 1.82) is 0 Å². The standard InChI is InChI=1S/C19H18BrClFIN4O4/c1-19(2,3)31-18(28)26-6-7-4-10(26)13(7)24-15-8-5-9(23)11(20)12(22)14(8)25-17(21)16(15)27(29)30/h5,7,10,13H,4,6H2,1-3H3,(H,24,25). The van der Waals surface area contributed by atoms with Gasteiger partial charge in [-0.1, -0.05) is 11.6 Å². The molecular weight excluding hydrogens is 609 g/mol. The number of anilines is 1. The van der Waals surface area contributed by atoms with Crippen molar-refractivity contribution in [1.82, 2.24) is 9.88 Å². The van der Waals surface area contributed by atoms with Gasteiger partial charge in [0.1, 0.15) is 16.8 Å². The van der Waals surface area contributed by atoms with Crippen LogP contribution < -0.4 is 5.32 Å². The maximum atomic E-state index is 14.8. The van der Waals surface area contributed by atoms with Crippen LogP contribution >= 0.6 is 50.1 Å². The number of aromatic nitrogens is 1. The summed E-state index contributed by atoms with van der Waals surface area (Å²) < 4.78 is 21.1. The fourth-order valence-corrected chi connectivity index (χ4v) is 5.21. The first-order chi connectivity index (χ1) is 14.4. The van der Waals surface area contributed by atoms with E-state index in [0.29, 0.717) is 10.1 Å². The molecule has 1 N–H and O–H groups in total. The lowest BCUT2D eigenvalue weighted by Crippen LogP contribution is -2.50. The van der Waals surface area contributed by atoms with Crippen LogP contribution in [0.2, 0.25) is 5.15 Å². The lowest BCUT2D eigenvalue weighted by atomic mass is 9.79. The van der Waals surface area contributed by atoms with Crippen molar-refractivity contribution in [2.45, 2.75) is 44.9 Å². The van der Waals surface area contributed by atoms with Crippen LogP contribution in [0.15, 0.2) is 10.5 Å². The molecule has 1 aromatic heterocycles. The van der Waals surface area contributed by atoms with E-state index in [1.165, 1.54) is 0 Å². The number of carbonyl (C=O) groups is 1. The largest absolute Gasteiger partial charge is 0.444 e. The predicted molar refractivity (Wildman–Crippen MR) is 126 cm³/mol. The Morgan fingerprint density at radius 1 is 1.52 bits per heavy atom. The van der Waals surface area contributed by atoms with Gasteiger partial charge in [0.15, 0.2) is 5.82 Å². The molecule has 3 unspecified atom stereocenters. The summed E-state index contributed by atoms with van der Waals surface area (Å²) >= 11 is 11.2. The number of fused-ring (bicyclic) bond motifs is 2. The van der Waals surface area contributed by atoms with Gasteiger partial charge in [-0.05, 0) is 71.8 Å². The van der Waals surface area contributed by atoms with Crippen LogP contribution in [0.3, 0.4) is 0 Å². The zero-order chi connectivity index (χ0) is 22.8. The summed E-state index contributed by atoms with van der Waals surface area (Å²) in [4.78, 5) is 29.3. The molecule has 3 fully saturated rings. The Hall–Kier alpha value is -1.47. The maximum Gasteiger partial charge on any atom is 0.410 e. The van der Waals surface area contributed by atoms with E-state index in [-0.39, 0.29) is 39.1 Å². The molecule has 3 heterocycles. The Labute approximate surface area is 204 Å². The van der Waals surface area contributed by atoms with E-state index in [0.717, 1.165) is 6.42 Å². The van der Waals surface area contributed by atoms with Gasteiger partial charge in [-0.2, -0.15) is 0 Å². The summed E-state index contributed by atoms with van der Waals surface area (Å²) in [6, 6.07) is 1.20. The van der Waals surface area contributed by atoms with E-state index in [9.17, 15) is 19.3 Å². The van der Waals surface area contributed by atoms with E-state index in [2.05, 4.69) is 26.2 Å². The molecule has 3 aliphatic rings. The first-order valence-electron chi connectivity index (χ1n) is 9.46. The van der Waals surface area contributed by atoms with E-state index < -0.39 is 33.3 Å². The summed E-state index contributed by atoms with van der Waals surface area (Å²) in [5.74, 6) is -0.549. The van der Waals surface area contributed by atoms with Crippen LogP contribution in [0, 0.1) is 25.4 Å². The number of rotatable bonds is 3. The summed E-state index contributed by atoms with van der Waals surface area (Å²) in [7, 11) is 0. The highest BCUT2D eigenvalue weighted by Gasteiger charge is 2.55. The van der Waals surface area contributed by atoms with Gasteiger partial charge >= 0.3 is 11.8 Å². The normalized spacial score (nSPS) is 22.4. The summed E-state index contributed by atoms with van der Waals surface area (Å²) in [5.41, 5.74) is -1.000. The zero-order valence-electron chi connectivity index (χ0n) is 16.7. The van der Waals surface area contributed by atoms with Crippen molar-refractivity contribution in [2.75, 3.05) is 11.9 Å². The Bertz CT molecular complexity index is 1130. The Morgan fingerprint density at radius 2 is 2.19 bits per heavy atom. The third kappa shape index (κ3) is 3.92. The number of nitro groups is 1. The van der Waals surface area contributed by atoms with Crippen LogP contribution in [0.4, 0.5) is 20.6 Å². The van der Waals surface area contributed by atoms with Crippen LogP contribution in [0.5, 0.6) is 0 Å². The number of hydrogen-bond acceptors (Lipinski definition) is 6. The van der Waals surface area contributed by atoms with Gasteiger partial charge < -0.3 is 15.0 Å². The molecule has 31 heavy (non-hydrogen) atoms. The number of ether oxygens (including phenoxy) is 1. The lowest BCUT2D eigenvalue weighted by Gasteiger charge is -2.37. The zero-order valence-corrected chi connectivity index (χ0v) is 21.2. The highest BCUT2D eigenvalue weighted by molar-refractivity contribution is 14.1. The second kappa shape index (κ2) is 7.84. The van der Waals surface area contributed by atoms with Crippen molar-refractivity contribution < 1.29 is 18.8 Å². The second-order valence-corrected chi connectivity index (χ2v) is 10.9. The third-order valence-corrected chi connectivity index (χ3v) is 8.10. The highest BCUT2D eigenvalue weighted by Crippen LogP contribution is 2.47. The number of amides is 1. The van der Waals surface area contributed by atoms with Crippen molar-refractivity contribution in [2.24, 2.45) is 5.92 Å². The maximum absolute atomic E-state index is 14.8. The van der Waals surface area contributed by atoms with E-state index in [1.807, 2.05) is 22.6 Å². The highest BCUT2D eigenvalue weighted by atomic mass is 127. The lowest BCUT2D eigenvalue weighted by molar-refractivity contribution is -0.384. The molecule has 8 nitrogen and oxygen atoms in total. The minimum absolute atomic E-state index is 0.0685. The molecule has 2 saturated heterocycles. The molecular formula is C19H18BrClFIN4O4. The smallest absolute Gasteiger partial charge is 0.410 e. The first-order valence-corrected chi connectivity index (χ1v) is 11.7. The van der Waals surface area contributed by atoms with Crippen molar-refractivity contribution in [3.63, 3.8) is 0 Å². The van der Waals surface area contributed by atoms with Crippen LogP contribution in [-0.2, 0) is 4.74 Å². The monoisotopic (exact) mass is 626 g/mol. The second-order valence-electron chi connectivity index (χ2n) is 8.63. The predicted octanol–water partition coefficient (Wildman–Crippen LogP) is 5.72. The average molecular weight is 628 g/mol. The van der Waals surface area contributed by atoms with Gasteiger partial charge in [-0.3, -0.25) is 10.1 Å². The summed E-state index contributed by atoms with van der Waals surface area (Å²) in [6.45, 7) is 5.87. The fraction of sp³-hybridized carbons (Fsp3) is 0.474. The van der Waals surface area contributed by atoms with Crippen LogP contribution in [0.25, 0.3) is 10.9 Å². The number of nitrogens with zero attached hydrogens (tertiary/aromatic N) is 3. The summed E-state index contributed by atoms with van der Waals surface area (Å²) in [6.07, 6.45) is 0.347. The van der Waals surface area contributed by atoms with E-state index in [1.54, 1.807) is 31.7 Å². The molecule has 0 radical (unpaired) electrons. The van der Waals surface area contributed by atoms with Crippen LogP contribution in [-0.4, -0.2) is 45.1 Å². The van der Waals surface area contributed by atoms with Crippen molar-refractivity contribution in [3.05, 3.63) is 35.2 Å². The topological polar surface area (TPSA) is 97.6 Å². The molecule has 1 aromatic carbocycles. The number of carbonyl (C=O) groups excluding carboxylic acids is 1.